The van der Waals surface area contributed by atoms with Gasteiger partial charge in [-0.1, -0.05) is 6.07 Å². The Bertz CT molecular complexity index is 384. The second-order valence-corrected chi connectivity index (χ2v) is 3.75. The van der Waals surface area contributed by atoms with Crippen molar-refractivity contribution in [3.8, 4) is 0 Å². The number of nitrogens with one attached hydrogen (secondary N) is 1. The first kappa shape index (κ1) is 13.4. The lowest BCUT2D eigenvalue weighted by atomic mass is 10.2. The molecule has 17 heavy (non-hydrogen) atoms. The molecule has 5 nitrogen and oxygen atoms in total. The molecule has 0 aliphatic carbocycles. The van der Waals surface area contributed by atoms with Crippen LogP contribution in [0.3, 0.4) is 0 Å². The van der Waals surface area contributed by atoms with Crippen molar-refractivity contribution >= 4 is 23.5 Å². The van der Waals surface area contributed by atoms with E-state index in [0.717, 1.165) is 5.69 Å². The number of imide groups is 1. The normalized spacial score (nSPS) is 9.76. The van der Waals surface area contributed by atoms with E-state index >= 15 is 0 Å². The van der Waals surface area contributed by atoms with E-state index < -0.39 is 11.9 Å². The van der Waals surface area contributed by atoms with E-state index in [1.54, 1.807) is 13.2 Å². The van der Waals surface area contributed by atoms with Crippen molar-refractivity contribution < 1.29 is 9.59 Å². The second kappa shape index (κ2) is 6.85. The van der Waals surface area contributed by atoms with Gasteiger partial charge in [0, 0.05) is 31.9 Å². The molecule has 6 heteroatoms. The van der Waals surface area contributed by atoms with Crippen molar-refractivity contribution in [2.45, 2.75) is 6.42 Å². The van der Waals surface area contributed by atoms with Crippen LogP contribution in [-0.4, -0.2) is 41.3 Å². The Morgan fingerprint density at radius 3 is 2.82 bits per heavy atom. The van der Waals surface area contributed by atoms with Crippen LogP contribution in [0.4, 0.5) is 4.79 Å². The molecule has 0 saturated carbocycles. The molecule has 0 aliphatic rings. The van der Waals surface area contributed by atoms with Gasteiger partial charge in [-0.05, 0) is 12.1 Å². The number of alkyl halides is 1. The summed E-state index contributed by atoms with van der Waals surface area (Å²) in [5.41, 5.74) is 0.899. The van der Waals surface area contributed by atoms with E-state index in [9.17, 15) is 9.59 Å². The number of amides is 3. The third-order valence-electron chi connectivity index (χ3n) is 2.14. The molecule has 0 spiro atoms. The van der Waals surface area contributed by atoms with Crippen LogP contribution in [0.5, 0.6) is 0 Å². The number of carbonyl (C=O) groups is 2. The summed E-state index contributed by atoms with van der Waals surface area (Å²) < 4.78 is 0. The van der Waals surface area contributed by atoms with Crippen molar-refractivity contribution in [3.63, 3.8) is 0 Å². The monoisotopic (exact) mass is 255 g/mol. The number of carbonyl (C=O) groups excluding carboxylic acids is 2. The number of pyridine rings is 1. The maximum absolute atomic E-state index is 11.4. The fourth-order valence-corrected chi connectivity index (χ4v) is 1.24. The van der Waals surface area contributed by atoms with E-state index in [-0.39, 0.29) is 5.88 Å². The zero-order valence-corrected chi connectivity index (χ0v) is 10.3. The molecule has 1 heterocycles. The summed E-state index contributed by atoms with van der Waals surface area (Å²) in [6.07, 6.45) is 2.34. The molecule has 0 aliphatic heterocycles. The van der Waals surface area contributed by atoms with Gasteiger partial charge in [0.2, 0.25) is 5.91 Å². The number of rotatable bonds is 4. The Morgan fingerprint density at radius 2 is 2.24 bits per heavy atom. The molecule has 0 saturated heterocycles. The quantitative estimate of drug-likeness (QED) is 0.818. The summed E-state index contributed by atoms with van der Waals surface area (Å²) in [4.78, 5) is 27.9. The van der Waals surface area contributed by atoms with Gasteiger partial charge in [0.1, 0.15) is 5.88 Å². The summed E-state index contributed by atoms with van der Waals surface area (Å²) in [5.74, 6) is -0.721. The minimum atomic E-state index is -0.499. The van der Waals surface area contributed by atoms with E-state index in [2.05, 4.69) is 10.3 Å². The van der Waals surface area contributed by atoms with E-state index in [4.69, 9.17) is 11.6 Å². The first-order chi connectivity index (χ1) is 8.13. The minimum Gasteiger partial charge on any atom is -0.327 e. The van der Waals surface area contributed by atoms with E-state index in [1.165, 1.54) is 4.90 Å². The topological polar surface area (TPSA) is 62.3 Å². The zero-order chi connectivity index (χ0) is 12.7. The average molecular weight is 256 g/mol. The van der Waals surface area contributed by atoms with Crippen LogP contribution in [-0.2, 0) is 11.2 Å². The number of hydrogen-bond acceptors (Lipinski definition) is 3. The lowest BCUT2D eigenvalue weighted by Gasteiger charge is -2.16. The maximum atomic E-state index is 11.4. The Labute approximate surface area is 105 Å². The van der Waals surface area contributed by atoms with Crippen LogP contribution in [0.15, 0.2) is 24.4 Å². The maximum Gasteiger partial charge on any atom is 0.323 e. The Balaban J connectivity index is 2.37. The van der Waals surface area contributed by atoms with Gasteiger partial charge in [-0.25, -0.2) is 4.79 Å². The Morgan fingerprint density at radius 1 is 1.47 bits per heavy atom. The summed E-state index contributed by atoms with van der Waals surface area (Å²) in [6.45, 7) is 0.485. The van der Waals surface area contributed by atoms with Gasteiger partial charge in [-0.15, -0.1) is 11.6 Å². The first-order valence-electron chi connectivity index (χ1n) is 5.14. The third kappa shape index (κ3) is 4.82. The van der Waals surface area contributed by atoms with Crippen LogP contribution >= 0.6 is 11.6 Å². The van der Waals surface area contributed by atoms with E-state index in [1.807, 2.05) is 18.2 Å². The van der Waals surface area contributed by atoms with Gasteiger partial charge < -0.3 is 4.90 Å². The fraction of sp³-hybridized carbons (Fsp3) is 0.364. The second-order valence-electron chi connectivity index (χ2n) is 3.48. The lowest BCUT2D eigenvalue weighted by molar-refractivity contribution is -0.117. The van der Waals surface area contributed by atoms with Crippen molar-refractivity contribution in [3.05, 3.63) is 30.1 Å². The molecule has 0 radical (unpaired) electrons. The van der Waals surface area contributed by atoms with Gasteiger partial charge >= 0.3 is 6.03 Å². The van der Waals surface area contributed by atoms with E-state index in [0.29, 0.717) is 13.0 Å². The number of hydrogen-bond donors (Lipinski definition) is 1. The molecular weight excluding hydrogens is 242 g/mol. The SMILES string of the molecule is CN(CCc1ccccn1)C(=O)NC(=O)CCl. The molecule has 1 rings (SSSR count). The van der Waals surface area contributed by atoms with Crippen molar-refractivity contribution in [2.24, 2.45) is 0 Å². The predicted molar refractivity (Wildman–Crippen MR) is 64.8 cm³/mol. The molecule has 0 bridgehead atoms. The highest BCUT2D eigenvalue weighted by Crippen LogP contribution is 1.96. The molecule has 0 atom stereocenters. The zero-order valence-electron chi connectivity index (χ0n) is 9.52. The van der Waals surface area contributed by atoms with Crippen LogP contribution in [0.2, 0.25) is 0 Å². The molecule has 0 unspecified atom stereocenters. The highest BCUT2D eigenvalue weighted by molar-refractivity contribution is 6.28. The first-order valence-corrected chi connectivity index (χ1v) is 5.67. The summed E-state index contributed by atoms with van der Waals surface area (Å²) >= 11 is 5.28. The molecule has 0 fully saturated rings. The Hall–Kier alpha value is -1.62. The predicted octanol–water partition coefficient (Wildman–Crippen LogP) is 1.03. The van der Waals surface area contributed by atoms with Gasteiger partial charge in [-0.2, -0.15) is 0 Å². The molecule has 1 aromatic heterocycles. The third-order valence-corrected chi connectivity index (χ3v) is 2.39. The standard InChI is InChI=1S/C11H14ClN3O2/c1-15(11(17)14-10(16)8-12)7-5-9-4-2-3-6-13-9/h2-4,6H,5,7-8H2,1H3,(H,14,16,17). The molecular formula is C11H14ClN3O2. The number of likely N-dealkylation sites (N-methyl/N-ethyl adjacent to an activating group) is 1. The number of halogens is 1. The minimum absolute atomic E-state index is 0.222. The van der Waals surface area contributed by atoms with Crippen LogP contribution in [0, 0.1) is 0 Å². The number of urea groups is 1. The molecule has 1 N–H and O–H groups in total. The fourth-order valence-electron chi connectivity index (χ4n) is 1.18. The highest BCUT2D eigenvalue weighted by Gasteiger charge is 2.11. The van der Waals surface area contributed by atoms with Crippen LogP contribution in [0.25, 0.3) is 0 Å². The largest absolute Gasteiger partial charge is 0.327 e. The van der Waals surface area contributed by atoms with Gasteiger partial charge in [0.25, 0.3) is 0 Å². The summed E-state index contributed by atoms with van der Waals surface area (Å²) in [6, 6.07) is 5.15. The Kier molecular flexibility index (Phi) is 5.42. The highest BCUT2D eigenvalue weighted by atomic mass is 35.5. The molecule has 0 aromatic carbocycles. The van der Waals surface area contributed by atoms with Gasteiger partial charge in [0.15, 0.2) is 0 Å². The number of aromatic nitrogens is 1. The number of nitrogens with zero attached hydrogens (tertiary/aromatic N) is 2. The van der Waals surface area contributed by atoms with Crippen molar-refractivity contribution in [1.29, 1.82) is 0 Å². The van der Waals surface area contributed by atoms with Crippen molar-refractivity contribution in [2.75, 3.05) is 19.5 Å². The van der Waals surface area contributed by atoms with Crippen LogP contribution < -0.4 is 5.32 Å². The van der Waals surface area contributed by atoms with Crippen molar-refractivity contribution in [1.82, 2.24) is 15.2 Å². The van der Waals surface area contributed by atoms with Gasteiger partial charge in [-0.3, -0.25) is 15.1 Å². The summed E-state index contributed by atoms with van der Waals surface area (Å²) in [7, 11) is 1.61. The molecule has 3 amide bonds. The lowest BCUT2D eigenvalue weighted by Crippen LogP contribution is -2.42. The summed E-state index contributed by atoms with van der Waals surface area (Å²) in [5, 5.41) is 2.16. The molecule has 92 valence electrons. The van der Waals surface area contributed by atoms with Gasteiger partial charge in [0.05, 0.1) is 0 Å². The smallest absolute Gasteiger partial charge is 0.323 e. The molecule has 1 aromatic rings. The van der Waals surface area contributed by atoms with Crippen LogP contribution in [0.1, 0.15) is 5.69 Å². The average Bonchev–Trinajstić information content (AvgIpc) is 2.36.